The van der Waals surface area contributed by atoms with E-state index in [0.717, 1.165) is 12.0 Å². The molecule has 0 bridgehead atoms. The van der Waals surface area contributed by atoms with E-state index in [0.29, 0.717) is 0 Å². The molecule has 2 rings (SSSR count). The molecule has 2 fully saturated rings. The predicted molar refractivity (Wildman–Crippen MR) is 73.2 cm³/mol. The third-order valence-electron chi connectivity index (χ3n) is 4.17. The van der Waals surface area contributed by atoms with Gasteiger partial charge in [-0.2, -0.15) is 0 Å². The summed E-state index contributed by atoms with van der Waals surface area (Å²) in [6, 6.07) is 0.915. The summed E-state index contributed by atoms with van der Waals surface area (Å²) in [6.45, 7) is 7.46. The average Bonchev–Trinajstić information content (AvgIpc) is 2.30. The Morgan fingerprint density at radius 1 is 1.00 bits per heavy atom. The lowest BCUT2D eigenvalue weighted by atomic mass is 9.84. The Balaban J connectivity index is 1.75. The Kier molecular flexibility index (Phi) is 4.70. The van der Waals surface area contributed by atoms with Gasteiger partial charge in [0.1, 0.15) is 0 Å². The third kappa shape index (κ3) is 3.30. The lowest BCUT2D eigenvalue weighted by molar-refractivity contribution is 0.105. The van der Waals surface area contributed by atoms with Crippen molar-refractivity contribution in [2.75, 3.05) is 26.2 Å². The quantitative estimate of drug-likeness (QED) is 0.570. The Hall–Kier alpha value is 0.650. The number of hydrogen-bond donors (Lipinski definition) is 0. The molecule has 1 heterocycles. The van der Waals surface area contributed by atoms with Gasteiger partial charge in [0.2, 0.25) is 0 Å². The van der Waals surface area contributed by atoms with E-state index >= 15 is 0 Å². The fraction of sp³-hybridized carbons (Fsp3) is 1.00. The van der Waals surface area contributed by atoms with E-state index in [4.69, 9.17) is 0 Å². The molecule has 2 nitrogen and oxygen atoms in total. The number of piperazine rings is 1. The first-order chi connectivity index (χ1) is 7.29. The van der Waals surface area contributed by atoms with Crippen molar-refractivity contribution in [1.82, 2.24) is 8.01 Å². The highest BCUT2D eigenvalue weighted by Crippen LogP contribution is 2.29. The Bertz CT molecular complexity index is 182. The molecule has 0 aromatic rings. The number of hydrogen-bond acceptors (Lipinski definition) is 2. The smallest absolute Gasteiger partial charge is 0.0209 e. The zero-order valence-electron chi connectivity index (χ0n) is 9.79. The molecule has 1 saturated heterocycles. The average molecular weight is 322 g/mol. The molecule has 0 aromatic carbocycles. The molecule has 1 aliphatic heterocycles. The summed E-state index contributed by atoms with van der Waals surface area (Å²) in [5, 5.41) is 0. The highest BCUT2D eigenvalue weighted by atomic mass is 127. The molecule has 1 aliphatic carbocycles. The lowest BCUT2D eigenvalue weighted by Gasteiger charge is -2.40. The normalized spacial score (nSPS) is 35.6. The molecule has 0 N–H and O–H groups in total. The fourth-order valence-corrected chi connectivity index (χ4v) is 3.41. The van der Waals surface area contributed by atoms with Crippen molar-refractivity contribution >= 4 is 22.9 Å². The zero-order chi connectivity index (χ0) is 10.7. The van der Waals surface area contributed by atoms with Gasteiger partial charge in [0.25, 0.3) is 0 Å². The Morgan fingerprint density at radius 2 is 1.60 bits per heavy atom. The van der Waals surface area contributed by atoms with E-state index in [2.05, 4.69) is 37.8 Å². The van der Waals surface area contributed by atoms with E-state index < -0.39 is 0 Å². The van der Waals surface area contributed by atoms with E-state index in [1.807, 2.05) is 0 Å². The fourth-order valence-electron chi connectivity index (χ4n) is 2.98. The van der Waals surface area contributed by atoms with Gasteiger partial charge in [-0.3, -0.25) is 4.90 Å². The van der Waals surface area contributed by atoms with Crippen LogP contribution in [0.2, 0.25) is 0 Å². The van der Waals surface area contributed by atoms with Crippen molar-refractivity contribution < 1.29 is 0 Å². The van der Waals surface area contributed by atoms with E-state index in [9.17, 15) is 0 Å². The van der Waals surface area contributed by atoms with E-state index in [-0.39, 0.29) is 0 Å². The summed E-state index contributed by atoms with van der Waals surface area (Å²) >= 11 is 2.45. The largest absolute Gasteiger partial charge is 0.298 e. The number of nitrogens with zero attached hydrogens (tertiary/aromatic N) is 2. The maximum absolute atomic E-state index is 2.74. The van der Waals surface area contributed by atoms with Crippen LogP contribution in [0.3, 0.4) is 0 Å². The van der Waals surface area contributed by atoms with Gasteiger partial charge in [0.15, 0.2) is 0 Å². The minimum atomic E-state index is 0.915. The van der Waals surface area contributed by atoms with Crippen LogP contribution in [0.25, 0.3) is 0 Å². The van der Waals surface area contributed by atoms with E-state index in [1.165, 1.54) is 58.3 Å². The molecule has 3 heteroatoms. The maximum atomic E-state index is 2.74. The summed E-state index contributed by atoms with van der Waals surface area (Å²) < 4.78 is 2.42. The summed E-state index contributed by atoms with van der Waals surface area (Å²) in [6.07, 6.45) is 7.27. The minimum Gasteiger partial charge on any atom is -0.298 e. The van der Waals surface area contributed by atoms with Gasteiger partial charge < -0.3 is 0 Å². The summed E-state index contributed by atoms with van der Waals surface area (Å²) in [7, 11) is 0. The van der Waals surface area contributed by atoms with Crippen molar-refractivity contribution in [3.05, 3.63) is 0 Å². The van der Waals surface area contributed by atoms with Gasteiger partial charge in [-0.25, -0.2) is 3.11 Å². The van der Waals surface area contributed by atoms with Gasteiger partial charge >= 0.3 is 0 Å². The summed E-state index contributed by atoms with van der Waals surface area (Å²) in [5.74, 6) is 1.03. The van der Waals surface area contributed by atoms with Crippen molar-refractivity contribution in [2.45, 2.75) is 45.1 Å². The van der Waals surface area contributed by atoms with Crippen molar-refractivity contribution in [3.63, 3.8) is 0 Å². The van der Waals surface area contributed by atoms with Crippen LogP contribution in [0.15, 0.2) is 0 Å². The molecule has 88 valence electrons. The topological polar surface area (TPSA) is 6.48 Å². The van der Waals surface area contributed by atoms with Crippen LogP contribution < -0.4 is 0 Å². The maximum Gasteiger partial charge on any atom is 0.0209 e. The zero-order valence-corrected chi connectivity index (χ0v) is 11.9. The molecule has 15 heavy (non-hydrogen) atoms. The Morgan fingerprint density at radius 3 is 2.13 bits per heavy atom. The summed E-state index contributed by atoms with van der Waals surface area (Å²) in [5.41, 5.74) is 0. The van der Waals surface area contributed by atoms with Crippen LogP contribution in [-0.4, -0.2) is 40.2 Å². The van der Waals surface area contributed by atoms with Crippen LogP contribution >= 0.6 is 22.9 Å². The highest BCUT2D eigenvalue weighted by molar-refractivity contribution is 14.1. The molecule has 0 aromatic heterocycles. The monoisotopic (exact) mass is 322 g/mol. The van der Waals surface area contributed by atoms with Crippen LogP contribution in [0, 0.1) is 5.92 Å². The van der Waals surface area contributed by atoms with Crippen molar-refractivity contribution in [2.24, 2.45) is 5.92 Å². The first kappa shape index (κ1) is 12.1. The van der Waals surface area contributed by atoms with Crippen molar-refractivity contribution in [1.29, 1.82) is 0 Å². The molecule has 0 atom stereocenters. The molecule has 2 aliphatic rings. The first-order valence-corrected chi connectivity index (χ1v) is 7.41. The molecule has 1 saturated carbocycles. The van der Waals surface area contributed by atoms with E-state index in [1.54, 1.807) is 0 Å². The lowest BCUT2D eigenvalue weighted by Crippen LogP contribution is -2.48. The van der Waals surface area contributed by atoms with Gasteiger partial charge in [-0.05, 0) is 31.6 Å². The van der Waals surface area contributed by atoms with Crippen molar-refractivity contribution in [3.8, 4) is 0 Å². The van der Waals surface area contributed by atoms with Gasteiger partial charge in [0, 0.05) is 55.1 Å². The third-order valence-corrected chi connectivity index (χ3v) is 5.13. The predicted octanol–water partition coefficient (Wildman–Crippen LogP) is 2.92. The van der Waals surface area contributed by atoms with Crippen LogP contribution in [-0.2, 0) is 0 Å². The second kappa shape index (κ2) is 5.82. The SMILES string of the molecule is CCC1CCC(N2CCN(I)CC2)CC1. The minimum absolute atomic E-state index is 0.915. The second-order valence-electron chi connectivity index (χ2n) is 5.03. The number of rotatable bonds is 2. The molecule has 0 amide bonds. The van der Waals surface area contributed by atoms with Gasteiger partial charge in [0.05, 0.1) is 0 Å². The molecular weight excluding hydrogens is 299 g/mol. The van der Waals surface area contributed by atoms with Gasteiger partial charge in [-0.1, -0.05) is 13.3 Å². The second-order valence-corrected chi connectivity index (χ2v) is 6.39. The standard InChI is InChI=1S/C12H23IN2/c1-2-11-3-5-12(6-4-11)14-7-9-15(13)10-8-14/h11-12H,2-10H2,1H3. The molecule has 0 radical (unpaired) electrons. The summed E-state index contributed by atoms with van der Waals surface area (Å²) in [4.78, 5) is 2.74. The Labute approximate surface area is 108 Å². The number of halogens is 1. The van der Waals surface area contributed by atoms with Crippen LogP contribution in [0.1, 0.15) is 39.0 Å². The first-order valence-electron chi connectivity index (χ1n) is 6.44. The van der Waals surface area contributed by atoms with Gasteiger partial charge in [-0.15, -0.1) is 0 Å². The van der Waals surface area contributed by atoms with Crippen LogP contribution in [0.5, 0.6) is 0 Å². The molecule has 0 spiro atoms. The van der Waals surface area contributed by atoms with Crippen LogP contribution in [0.4, 0.5) is 0 Å². The molecule has 0 unspecified atom stereocenters. The molecular formula is C12H23IN2. The highest BCUT2D eigenvalue weighted by Gasteiger charge is 2.26.